The third kappa shape index (κ3) is 3.37. The Balaban J connectivity index is 2.29. The maximum Gasteiger partial charge on any atom is 0.318 e. The van der Waals surface area contributed by atoms with Crippen LogP contribution in [0.25, 0.3) is 16.6 Å². The molecule has 1 aromatic heterocycles. The fourth-order valence-electron chi connectivity index (χ4n) is 2.74. The molecule has 0 bridgehead atoms. The Bertz CT molecular complexity index is 1040. The van der Waals surface area contributed by atoms with Gasteiger partial charge in [-0.1, -0.05) is 36.0 Å². The van der Waals surface area contributed by atoms with Gasteiger partial charge in [0.2, 0.25) is 0 Å². The number of para-hydroxylation sites is 1. The third-order valence-electron chi connectivity index (χ3n) is 4.17. The lowest BCUT2D eigenvalue weighted by atomic mass is 10.1. The van der Waals surface area contributed by atoms with E-state index in [1.807, 2.05) is 44.2 Å². The number of rotatable bonds is 4. The molecule has 1 unspecified atom stereocenters. The van der Waals surface area contributed by atoms with Gasteiger partial charge < -0.3 is 4.74 Å². The molecule has 0 aliphatic rings. The van der Waals surface area contributed by atoms with Gasteiger partial charge in [-0.05, 0) is 50.1 Å². The number of aromatic nitrogens is 2. The van der Waals surface area contributed by atoms with E-state index in [-0.39, 0.29) is 11.5 Å². The molecule has 0 aliphatic carbocycles. The van der Waals surface area contributed by atoms with Crippen molar-refractivity contribution in [2.45, 2.75) is 31.2 Å². The SMILES string of the molecule is COC(=O)C(C)Sc1nc2ccccc2c(=O)n1-c1cc(C)ccc1C. The maximum atomic E-state index is 13.2. The predicted molar refractivity (Wildman–Crippen MR) is 104 cm³/mol. The molecular formula is C20H20N2O3S. The molecule has 1 atom stereocenters. The second kappa shape index (κ2) is 7.33. The van der Waals surface area contributed by atoms with Crippen LogP contribution >= 0.6 is 11.8 Å². The van der Waals surface area contributed by atoms with E-state index in [4.69, 9.17) is 4.74 Å². The largest absolute Gasteiger partial charge is 0.468 e. The van der Waals surface area contributed by atoms with E-state index in [2.05, 4.69) is 4.98 Å². The monoisotopic (exact) mass is 368 g/mol. The summed E-state index contributed by atoms with van der Waals surface area (Å²) in [6, 6.07) is 13.2. The highest BCUT2D eigenvalue weighted by molar-refractivity contribution is 8.00. The highest BCUT2D eigenvalue weighted by Gasteiger charge is 2.21. The zero-order valence-corrected chi connectivity index (χ0v) is 16.0. The van der Waals surface area contributed by atoms with Gasteiger partial charge in [-0.2, -0.15) is 0 Å². The summed E-state index contributed by atoms with van der Waals surface area (Å²) in [6.45, 7) is 5.67. The average Bonchev–Trinajstić information content (AvgIpc) is 2.63. The van der Waals surface area contributed by atoms with Crippen molar-refractivity contribution in [1.82, 2.24) is 9.55 Å². The number of hydrogen-bond acceptors (Lipinski definition) is 5. The Labute approximate surface area is 156 Å². The summed E-state index contributed by atoms with van der Waals surface area (Å²) in [5.74, 6) is -0.357. The van der Waals surface area contributed by atoms with Crippen LogP contribution in [-0.2, 0) is 9.53 Å². The maximum absolute atomic E-state index is 13.2. The summed E-state index contributed by atoms with van der Waals surface area (Å²) < 4.78 is 6.41. The molecule has 3 rings (SSSR count). The standard InChI is InChI=1S/C20H20N2O3S/c1-12-9-10-13(2)17(11-12)22-18(23)15-7-5-6-8-16(15)21-20(22)26-14(3)19(24)25-4/h5-11,14H,1-4H3. The van der Waals surface area contributed by atoms with Gasteiger partial charge in [-0.25, -0.2) is 4.98 Å². The molecule has 0 saturated heterocycles. The van der Waals surface area contributed by atoms with Crippen molar-refractivity contribution in [3.8, 4) is 5.69 Å². The minimum atomic E-state index is -0.482. The number of esters is 1. The van der Waals surface area contributed by atoms with Crippen LogP contribution in [0, 0.1) is 13.8 Å². The van der Waals surface area contributed by atoms with Crippen molar-refractivity contribution in [3.63, 3.8) is 0 Å². The smallest absolute Gasteiger partial charge is 0.318 e. The Kier molecular flexibility index (Phi) is 5.13. The van der Waals surface area contributed by atoms with Gasteiger partial charge in [0, 0.05) is 0 Å². The topological polar surface area (TPSA) is 61.2 Å². The van der Waals surface area contributed by atoms with Gasteiger partial charge >= 0.3 is 5.97 Å². The molecule has 134 valence electrons. The van der Waals surface area contributed by atoms with Gasteiger partial charge in [0.1, 0.15) is 5.25 Å². The molecule has 0 amide bonds. The zero-order chi connectivity index (χ0) is 18.8. The average molecular weight is 368 g/mol. The summed E-state index contributed by atoms with van der Waals surface area (Å²) in [6.07, 6.45) is 0. The van der Waals surface area contributed by atoms with Crippen molar-refractivity contribution in [3.05, 3.63) is 63.9 Å². The molecule has 0 aliphatic heterocycles. The van der Waals surface area contributed by atoms with E-state index in [0.29, 0.717) is 16.1 Å². The van der Waals surface area contributed by atoms with Gasteiger partial charge in [-0.3, -0.25) is 14.2 Å². The number of methoxy groups -OCH3 is 1. The summed E-state index contributed by atoms with van der Waals surface area (Å²) in [5, 5.41) is 0.535. The Morgan fingerprint density at radius 3 is 2.65 bits per heavy atom. The molecule has 0 radical (unpaired) electrons. The molecule has 0 spiro atoms. The van der Waals surface area contributed by atoms with Crippen LogP contribution in [-0.4, -0.2) is 27.9 Å². The van der Waals surface area contributed by atoms with Crippen LogP contribution in [0.3, 0.4) is 0 Å². The first kappa shape index (κ1) is 18.2. The number of aryl methyl sites for hydroxylation is 2. The molecule has 26 heavy (non-hydrogen) atoms. The van der Waals surface area contributed by atoms with Gasteiger partial charge in [0.05, 0.1) is 23.7 Å². The number of thioether (sulfide) groups is 1. The molecule has 0 N–H and O–H groups in total. The van der Waals surface area contributed by atoms with E-state index in [1.165, 1.54) is 18.9 Å². The fourth-order valence-corrected chi connectivity index (χ4v) is 3.68. The van der Waals surface area contributed by atoms with E-state index < -0.39 is 5.25 Å². The first-order valence-electron chi connectivity index (χ1n) is 8.26. The molecule has 1 heterocycles. The second-order valence-corrected chi connectivity index (χ2v) is 7.43. The van der Waals surface area contributed by atoms with Crippen LogP contribution in [0.1, 0.15) is 18.1 Å². The minimum Gasteiger partial charge on any atom is -0.468 e. The van der Waals surface area contributed by atoms with E-state index in [9.17, 15) is 9.59 Å². The van der Waals surface area contributed by atoms with Crippen molar-refractivity contribution < 1.29 is 9.53 Å². The van der Waals surface area contributed by atoms with Gasteiger partial charge in [0.25, 0.3) is 5.56 Å². The lowest BCUT2D eigenvalue weighted by molar-refractivity contribution is -0.139. The number of ether oxygens (including phenoxy) is 1. The Morgan fingerprint density at radius 1 is 1.19 bits per heavy atom. The van der Waals surface area contributed by atoms with Crippen LogP contribution < -0.4 is 5.56 Å². The molecule has 0 saturated carbocycles. The summed E-state index contributed by atoms with van der Waals surface area (Å²) in [5.41, 5.74) is 3.24. The summed E-state index contributed by atoms with van der Waals surface area (Å²) in [7, 11) is 1.35. The molecule has 5 nitrogen and oxygen atoms in total. The third-order valence-corrected chi connectivity index (χ3v) is 5.20. The molecule has 6 heteroatoms. The van der Waals surface area contributed by atoms with E-state index in [1.54, 1.807) is 23.6 Å². The fraction of sp³-hybridized carbons (Fsp3) is 0.250. The van der Waals surface area contributed by atoms with Crippen LogP contribution in [0.15, 0.2) is 52.4 Å². The molecule has 2 aromatic carbocycles. The summed E-state index contributed by atoms with van der Waals surface area (Å²) >= 11 is 1.22. The van der Waals surface area contributed by atoms with Crippen LogP contribution in [0.5, 0.6) is 0 Å². The van der Waals surface area contributed by atoms with Crippen molar-refractivity contribution in [2.24, 2.45) is 0 Å². The Morgan fingerprint density at radius 2 is 1.92 bits per heavy atom. The van der Waals surface area contributed by atoms with Crippen molar-refractivity contribution in [2.75, 3.05) is 7.11 Å². The van der Waals surface area contributed by atoms with E-state index in [0.717, 1.165) is 16.8 Å². The van der Waals surface area contributed by atoms with Crippen LogP contribution in [0.4, 0.5) is 0 Å². The summed E-state index contributed by atoms with van der Waals surface area (Å²) in [4.78, 5) is 29.8. The number of carbonyl (C=O) groups is 1. The Hall–Kier alpha value is -2.60. The zero-order valence-electron chi connectivity index (χ0n) is 15.1. The van der Waals surface area contributed by atoms with E-state index >= 15 is 0 Å². The number of nitrogens with zero attached hydrogens (tertiary/aromatic N) is 2. The number of carbonyl (C=O) groups excluding carboxylic acids is 1. The number of benzene rings is 2. The lowest BCUT2D eigenvalue weighted by Crippen LogP contribution is -2.24. The minimum absolute atomic E-state index is 0.149. The predicted octanol–water partition coefficient (Wildman–Crippen LogP) is 3.66. The molecule has 3 aromatic rings. The van der Waals surface area contributed by atoms with Crippen molar-refractivity contribution >= 4 is 28.6 Å². The van der Waals surface area contributed by atoms with Gasteiger partial charge in [-0.15, -0.1) is 0 Å². The second-order valence-electron chi connectivity index (χ2n) is 6.13. The normalized spacial score (nSPS) is 12.2. The highest BCUT2D eigenvalue weighted by Crippen LogP contribution is 2.27. The number of fused-ring (bicyclic) bond motifs is 1. The molecular weight excluding hydrogens is 348 g/mol. The quantitative estimate of drug-likeness (QED) is 0.400. The van der Waals surface area contributed by atoms with Crippen LogP contribution in [0.2, 0.25) is 0 Å². The first-order valence-corrected chi connectivity index (χ1v) is 9.14. The number of hydrogen-bond donors (Lipinski definition) is 0. The molecule has 0 fully saturated rings. The van der Waals surface area contributed by atoms with Gasteiger partial charge in [0.15, 0.2) is 5.16 Å². The lowest BCUT2D eigenvalue weighted by Gasteiger charge is -2.17. The first-order chi connectivity index (χ1) is 12.4. The highest BCUT2D eigenvalue weighted by atomic mass is 32.2. The van der Waals surface area contributed by atoms with Crippen molar-refractivity contribution in [1.29, 1.82) is 0 Å².